The van der Waals surface area contributed by atoms with Crippen LogP contribution in [-0.4, -0.2) is 39.6 Å². The van der Waals surface area contributed by atoms with Gasteiger partial charge in [0.2, 0.25) is 0 Å². The molecular formula is C16H23NO4. The molecule has 0 saturated carbocycles. The van der Waals surface area contributed by atoms with E-state index in [9.17, 15) is 14.7 Å². The first-order chi connectivity index (χ1) is 9.93. The molecule has 1 atom stereocenters. The third-order valence-electron chi connectivity index (χ3n) is 3.41. The number of carboxylic acids is 2. The van der Waals surface area contributed by atoms with Gasteiger partial charge in [0, 0.05) is 13.1 Å². The molecule has 0 aliphatic carbocycles. The van der Waals surface area contributed by atoms with Crippen LogP contribution in [-0.2, 0) is 16.1 Å². The molecule has 0 aromatic heterocycles. The van der Waals surface area contributed by atoms with E-state index >= 15 is 0 Å². The van der Waals surface area contributed by atoms with Gasteiger partial charge in [0.1, 0.15) is 6.04 Å². The largest absolute Gasteiger partial charge is 0.481 e. The molecule has 0 aliphatic rings. The molecule has 0 heterocycles. The fraction of sp³-hybridized carbons (Fsp3) is 0.500. The normalized spacial score (nSPS) is 12.3. The molecule has 116 valence electrons. The van der Waals surface area contributed by atoms with E-state index < -0.39 is 18.0 Å². The molecule has 0 amide bonds. The zero-order chi connectivity index (χ0) is 15.8. The van der Waals surface area contributed by atoms with Gasteiger partial charge in [-0.1, -0.05) is 43.2 Å². The Morgan fingerprint density at radius 1 is 1.19 bits per heavy atom. The fourth-order valence-electron chi connectivity index (χ4n) is 2.25. The van der Waals surface area contributed by atoms with E-state index in [0.29, 0.717) is 13.0 Å². The first-order valence-electron chi connectivity index (χ1n) is 7.18. The average molecular weight is 293 g/mol. The van der Waals surface area contributed by atoms with E-state index in [1.807, 2.05) is 38.1 Å². The van der Waals surface area contributed by atoms with E-state index in [1.54, 1.807) is 4.90 Å². The van der Waals surface area contributed by atoms with Gasteiger partial charge in [-0.15, -0.1) is 0 Å². The Kier molecular flexibility index (Phi) is 6.88. The summed E-state index contributed by atoms with van der Waals surface area (Å²) in [5, 5.41) is 18.2. The van der Waals surface area contributed by atoms with Crippen LogP contribution < -0.4 is 0 Å². The molecule has 0 fully saturated rings. The summed E-state index contributed by atoms with van der Waals surface area (Å²) in [4.78, 5) is 23.9. The number of benzene rings is 1. The van der Waals surface area contributed by atoms with Gasteiger partial charge in [-0.3, -0.25) is 14.5 Å². The number of carbonyl (C=O) groups is 2. The van der Waals surface area contributed by atoms with Crippen molar-refractivity contribution < 1.29 is 19.8 Å². The van der Waals surface area contributed by atoms with Crippen LogP contribution in [0.5, 0.6) is 0 Å². The molecule has 21 heavy (non-hydrogen) atoms. The van der Waals surface area contributed by atoms with Crippen molar-refractivity contribution in [3.63, 3.8) is 0 Å². The van der Waals surface area contributed by atoms with Crippen molar-refractivity contribution in [3.8, 4) is 0 Å². The number of rotatable bonds is 9. The Bertz CT molecular complexity index is 470. The first kappa shape index (κ1) is 17.2. The lowest BCUT2D eigenvalue weighted by Crippen LogP contribution is -2.41. The van der Waals surface area contributed by atoms with Crippen LogP contribution in [0.2, 0.25) is 0 Å². The van der Waals surface area contributed by atoms with Crippen LogP contribution in [0.15, 0.2) is 24.3 Å². The second-order valence-corrected chi connectivity index (χ2v) is 5.24. The van der Waals surface area contributed by atoms with Gasteiger partial charge < -0.3 is 10.2 Å². The topological polar surface area (TPSA) is 77.8 Å². The molecule has 5 heteroatoms. The first-order valence-corrected chi connectivity index (χ1v) is 7.18. The minimum Gasteiger partial charge on any atom is -0.481 e. The number of carboxylic acid groups (broad SMARTS) is 2. The van der Waals surface area contributed by atoms with Crippen molar-refractivity contribution in [3.05, 3.63) is 35.4 Å². The van der Waals surface area contributed by atoms with Crippen LogP contribution in [0.4, 0.5) is 0 Å². The van der Waals surface area contributed by atoms with Crippen molar-refractivity contribution in [2.75, 3.05) is 6.54 Å². The zero-order valence-electron chi connectivity index (χ0n) is 12.6. The highest BCUT2D eigenvalue weighted by Crippen LogP contribution is 2.14. The summed E-state index contributed by atoms with van der Waals surface area (Å²) < 4.78 is 0. The Morgan fingerprint density at radius 2 is 1.81 bits per heavy atom. The SMILES string of the molecule is CCCC(C(=O)O)N(CCC(=O)O)Cc1ccc(C)cc1. The fourth-order valence-corrected chi connectivity index (χ4v) is 2.25. The van der Waals surface area contributed by atoms with Crippen molar-refractivity contribution in [1.29, 1.82) is 0 Å². The monoisotopic (exact) mass is 293 g/mol. The van der Waals surface area contributed by atoms with Crippen molar-refractivity contribution in [2.24, 2.45) is 0 Å². The van der Waals surface area contributed by atoms with Crippen LogP contribution in [0, 0.1) is 6.92 Å². The number of aliphatic carboxylic acids is 2. The molecule has 0 radical (unpaired) electrons. The summed E-state index contributed by atoms with van der Waals surface area (Å²) in [5.74, 6) is -1.81. The Hall–Kier alpha value is -1.88. The average Bonchev–Trinajstić information content (AvgIpc) is 2.43. The summed E-state index contributed by atoms with van der Waals surface area (Å²) in [7, 11) is 0. The van der Waals surface area contributed by atoms with Crippen LogP contribution in [0.3, 0.4) is 0 Å². The molecular weight excluding hydrogens is 270 g/mol. The summed E-state index contributed by atoms with van der Waals surface area (Å²) in [6, 6.07) is 7.21. The van der Waals surface area contributed by atoms with Crippen molar-refractivity contribution >= 4 is 11.9 Å². The molecule has 1 unspecified atom stereocenters. The Morgan fingerprint density at radius 3 is 2.29 bits per heavy atom. The number of nitrogens with zero attached hydrogens (tertiary/aromatic N) is 1. The minimum atomic E-state index is -0.912. The van der Waals surface area contributed by atoms with Crippen molar-refractivity contribution in [1.82, 2.24) is 4.90 Å². The second-order valence-electron chi connectivity index (χ2n) is 5.24. The molecule has 1 aromatic rings. The minimum absolute atomic E-state index is 0.0562. The molecule has 0 aliphatic heterocycles. The smallest absolute Gasteiger partial charge is 0.320 e. The molecule has 0 bridgehead atoms. The Balaban J connectivity index is 2.86. The summed E-state index contributed by atoms with van der Waals surface area (Å²) in [5.41, 5.74) is 2.13. The number of aryl methyl sites for hydroxylation is 1. The lowest BCUT2D eigenvalue weighted by atomic mass is 10.1. The number of hydrogen-bond donors (Lipinski definition) is 2. The van der Waals surface area contributed by atoms with Gasteiger partial charge in [0.15, 0.2) is 0 Å². The van der Waals surface area contributed by atoms with Gasteiger partial charge >= 0.3 is 11.9 Å². The summed E-state index contributed by atoms with van der Waals surface area (Å²) in [6.45, 7) is 4.60. The maximum Gasteiger partial charge on any atom is 0.320 e. The number of hydrogen-bond acceptors (Lipinski definition) is 3. The summed E-state index contributed by atoms with van der Waals surface area (Å²) >= 11 is 0. The highest BCUT2D eigenvalue weighted by atomic mass is 16.4. The molecule has 1 rings (SSSR count). The molecule has 2 N–H and O–H groups in total. The summed E-state index contributed by atoms with van der Waals surface area (Å²) in [6.07, 6.45) is 1.20. The highest BCUT2D eigenvalue weighted by molar-refractivity contribution is 5.73. The van der Waals surface area contributed by atoms with E-state index in [0.717, 1.165) is 17.5 Å². The standard InChI is InChI=1S/C16H23NO4/c1-3-4-14(16(20)21)17(10-9-15(18)19)11-13-7-5-12(2)6-8-13/h5-8,14H,3-4,9-11H2,1-2H3,(H,18,19)(H,20,21). The molecule has 0 saturated heterocycles. The lowest BCUT2D eigenvalue weighted by Gasteiger charge is -2.28. The van der Waals surface area contributed by atoms with Gasteiger partial charge in [-0.2, -0.15) is 0 Å². The van der Waals surface area contributed by atoms with Gasteiger partial charge in [0.25, 0.3) is 0 Å². The van der Waals surface area contributed by atoms with E-state index in [1.165, 1.54) is 0 Å². The van der Waals surface area contributed by atoms with Gasteiger partial charge in [0.05, 0.1) is 6.42 Å². The van der Waals surface area contributed by atoms with Crippen LogP contribution in [0.1, 0.15) is 37.3 Å². The predicted molar refractivity (Wildman–Crippen MR) is 80.2 cm³/mol. The van der Waals surface area contributed by atoms with Gasteiger partial charge in [-0.05, 0) is 18.9 Å². The zero-order valence-corrected chi connectivity index (χ0v) is 12.6. The molecule has 1 aromatic carbocycles. The lowest BCUT2D eigenvalue weighted by molar-refractivity contribution is -0.145. The maximum absolute atomic E-state index is 11.4. The van der Waals surface area contributed by atoms with Gasteiger partial charge in [-0.25, -0.2) is 0 Å². The molecule has 0 spiro atoms. The maximum atomic E-state index is 11.4. The van der Waals surface area contributed by atoms with Crippen LogP contribution >= 0.6 is 0 Å². The van der Waals surface area contributed by atoms with E-state index in [-0.39, 0.29) is 13.0 Å². The predicted octanol–water partition coefficient (Wildman–Crippen LogP) is 2.53. The van der Waals surface area contributed by atoms with E-state index in [4.69, 9.17) is 5.11 Å². The third kappa shape index (κ3) is 5.95. The van der Waals surface area contributed by atoms with Crippen LogP contribution in [0.25, 0.3) is 0 Å². The second kappa shape index (κ2) is 8.42. The third-order valence-corrected chi connectivity index (χ3v) is 3.41. The molecule has 5 nitrogen and oxygen atoms in total. The Labute approximate surface area is 125 Å². The van der Waals surface area contributed by atoms with E-state index in [2.05, 4.69) is 0 Å². The van der Waals surface area contributed by atoms with Crippen molar-refractivity contribution in [2.45, 2.75) is 45.7 Å². The highest BCUT2D eigenvalue weighted by Gasteiger charge is 2.25. The quantitative estimate of drug-likeness (QED) is 0.731.